The number of H-pyrrole nitrogens is 2. The van der Waals surface area contributed by atoms with Gasteiger partial charge in [-0.25, -0.2) is 13.2 Å². The smallest absolute Gasteiger partial charge is 0.306 e. The highest BCUT2D eigenvalue weighted by Crippen LogP contribution is 2.24. The molecule has 1 aromatic heterocycles. The van der Waals surface area contributed by atoms with Crippen LogP contribution in [0.1, 0.15) is 19.8 Å². The Kier molecular flexibility index (Phi) is 3.18. The average Bonchev–Trinajstić information content (AvgIpc) is 2.77. The molecule has 1 fully saturated rings. The van der Waals surface area contributed by atoms with Gasteiger partial charge in [0.1, 0.15) is 0 Å². The van der Waals surface area contributed by atoms with Crippen molar-refractivity contribution < 1.29 is 8.42 Å². The number of rotatable bonds is 2. The third-order valence-corrected chi connectivity index (χ3v) is 5.61. The van der Waals surface area contributed by atoms with Crippen molar-refractivity contribution >= 4 is 21.1 Å². The molecule has 1 unspecified atom stereocenters. The molecule has 108 valence electrons. The summed E-state index contributed by atoms with van der Waals surface area (Å²) in [6.45, 7) is 3.19. The van der Waals surface area contributed by atoms with E-state index in [2.05, 4.69) is 16.9 Å². The zero-order valence-corrected chi connectivity index (χ0v) is 12.0. The fourth-order valence-electron chi connectivity index (χ4n) is 2.69. The van der Waals surface area contributed by atoms with E-state index >= 15 is 0 Å². The summed E-state index contributed by atoms with van der Waals surface area (Å²) in [5.41, 5.74) is 0.795. The number of imidazole rings is 1. The predicted octanol–water partition coefficient (Wildman–Crippen LogP) is 1.28. The molecule has 0 bridgehead atoms. The first-order valence-corrected chi connectivity index (χ1v) is 8.13. The van der Waals surface area contributed by atoms with E-state index in [1.54, 1.807) is 12.1 Å². The van der Waals surface area contributed by atoms with Crippen LogP contribution in [0.4, 0.5) is 0 Å². The molecule has 2 heterocycles. The average molecular weight is 295 g/mol. The van der Waals surface area contributed by atoms with E-state index in [1.807, 2.05) is 0 Å². The fraction of sp³-hybridized carbons (Fsp3) is 0.462. The molecule has 2 N–H and O–H groups in total. The number of fused-ring (bicyclic) bond motifs is 1. The van der Waals surface area contributed by atoms with E-state index in [1.165, 1.54) is 10.4 Å². The molecule has 0 spiro atoms. The Labute approximate surface area is 116 Å². The summed E-state index contributed by atoms with van der Waals surface area (Å²) >= 11 is 0. The molecule has 1 aliphatic heterocycles. The maximum absolute atomic E-state index is 12.6. The van der Waals surface area contributed by atoms with Crippen LogP contribution in [0, 0.1) is 5.92 Å². The Hall–Kier alpha value is -1.60. The van der Waals surface area contributed by atoms with Gasteiger partial charge in [0.05, 0.1) is 15.9 Å². The van der Waals surface area contributed by atoms with Crippen LogP contribution >= 0.6 is 0 Å². The summed E-state index contributed by atoms with van der Waals surface area (Å²) in [6, 6.07) is 4.68. The minimum absolute atomic E-state index is 0.231. The highest BCUT2D eigenvalue weighted by molar-refractivity contribution is 7.89. The Bertz CT molecular complexity index is 791. The first kappa shape index (κ1) is 13.4. The van der Waals surface area contributed by atoms with Gasteiger partial charge in [0.25, 0.3) is 0 Å². The van der Waals surface area contributed by atoms with Gasteiger partial charge < -0.3 is 9.97 Å². The molecule has 0 radical (unpaired) electrons. The van der Waals surface area contributed by atoms with Gasteiger partial charge in [-0.1, -0.05) is 6.92 Å². The molecule has 0 aliphatic carbocycles. The van der Waals surface area contributed by atoms with E-state index < -0.39 is 10.0 Å². The van der Waals surface area contributed by atoms with Crippen molar-refractivity contribution in [3.05, 3.63) is 28.7 Å². The molecule has 3 rings (SSSR count). The van der Waals surface area contributed by atoms with Crippen molar-refractivity contribution in [2.24, 2.45) is 5.92 Å². The van der Waals surface area contributed by atoms with Crippen LogP contribution in [0.3, 0.4) is 0 Å². The molecular formula is C13H17N3O3S. The van der Waals surface area contributed by atoms with E-state index in [4.69, 9.17) is 0 Å². The summed E-state index contributed by atoms with van der Waals surface area (Å²) < 4.78 is 26.7. The van der Waals surface area contributed by atoms with Crippen molar-refractivity contribution in [1.82, 2.24) is 14.3 Å². The van der Waals surface area contributed by atoms with Crippen molar-refractivity contribution in [2.45, 2.75) is 24.7 Å². The monoisotopic (exact) mass is 295 g/mol. The highest BCUT2D eigenvalue weighted by atomic mass is 32.2. The van der Waals surface area contributed by atoms with Crippen LogP contribution in [0.15, 0.2) is 27.9 Å². The molecule has 20 heavy (non-hydrogen) atoms. The van der Waals surface area contributed by atoms with Gasteiger partial charge in [-0.15, -0.1) is 0 Å². The number of sulfonamides is 1. The minimum atomic E-state index is -3.48. The van der Waals surface area contributed by atoms with E-state index in [-0.39, 0.29) is 10.6 Å². The van der Waals surface area contributed by atoms with Crippen LogP contribution in [-0.4, -0.2) is 35.8 Å². The quantitative estimate of drug-likeness (QED) is 0.875. The number of benzene rings is 1. The van der Waals surface area contributed by atoms with Crippen LogP contribution in [0.2, 0.25) is 0 Å². The zero-order valence-electron chi connectivity index (χ0n) is 11.2. The fourth-order valence-corrected chi connectivity index (χ4v) is 4.31. The molecule has 0 amide bonds. The van der Waals surface area contributed by atoms with Crippen LogP contribution < -0.4 is 5.69 Å². The molecule has 1 saturated heterocycles. The van der Waals surface area contributed by atoms with Crippen LogP contribution in [-0.2, 0) is 10.0 Å². The number of hydrogen-bond acceptors (Lipinski definition) is 3. The standard InChI is InChI=1S/C13H17N3O3S/c1-9-3-2-6-16(8-9)20(18,19)10-4-5-11-12(7-10)15-13(17)14-11/h4-5,7,9H,2-3,6,8H2,1H3,(H2,14,15,17). The highest BCUT2D eigenvalue weighted by Gasteiger charge is 2.28. The topological polar surface area (TPSA) is 86.0 Å². The first-order valence-electron chi connectivity index (χ1n) is 6.69. The van der Waals surface area contributed by atoms with Gasteiger partial charge in [0.2, 0.25) is 10.0 Å². The van der Waals surface area contributed by atoms with E-state index in [0.717, 1.165) is 12.8 Å². The van der Waals surface area contributed by atoms with Crippen molar-refractivity contribution in [3.8, 4) is 0 Å². The first-order chi connectivity index (χ1) is 9.46. The van der Waals surface area contributed by atoms with Gasteiger partial charge in [0.15, 0.2) is 0 Å². The Morgan fingerprint density at radius 3 is 2.75 bits per heavy atom. The number of nitrogens with one attached hydrogen (secondary N) is 2. The SMILES string of the molecule is CC1CCCN(S(=O)(=O)c2ccc3[nH]c(=O)[nH]c3c2)C1. The largest absolute Gasteiger partial charge is 0.323 e. The zero-order chi connectivity index (χ0) is 14.3. The molecule has 1 aromatic carbocycles. The second-order valence-electron chi connectivity index (χ2n) is 5.40. The second-order valence-corrected chi connectivity index (χ2v) is 7.33. The molecule has 7 heteroatoms. The minimum Gasteiger partial charge on any atom is -0.306 e. The Balaban J connectivity index is 2.01. The molecule has 0 saturated carbocycles. The lowest BCUT2D eigenvalue weighted by atomic mass is 10.0. The van der Waals surface area contributed by atoms with Gasteiger partial charge >= 0.3 is 5.69 Å². The van der Waals surface area contributed by atoms with Gasteiger partial charge in [-0.2, -0.15) is 4.31 Å². The molecule has 1 aliphatic rings. The third kappa shape index (κ3) is 2.27. The normalized spacial score (nSPS) is 21.4. The summed E-state index contributed by atoms with van der Waals surface area (Å²) in [6.07, 6.45) is 1.96. The van der Waals surface area contributed by atoms with Gasteiger partial charge in [-0.05, 0) is 37.0 Å². The summed E-state index contributed by atoms with van der Waals surface area (Å²) in [5.74, 6) is 0.384. The summed E-state index contributed by atoms with van der Waals surface area (Å²) in [7, 11) is -3.48. The van der Waals surface area contributed by atoms with E-state index in [0.29, 0.717) is 30.0 Å². The molecule has 2 aromatic rings. The number of hydrogen-bond donors (Lipinski definition) is 2. The lowest BCUT2D eigenvalue weighted by Gasteiger charge is -2.30. The predicted molar refractivity (Wildman–Crippen MR) is 76.1 cm³/mol. The molecule has 6 nitrogen and oxygen atoms in total. The number of nitrogens with zero attached hydrogens (tertiary/aromatic N) is 1. The maximum atomic E-state index is 12.6. The van der Waals surface area contributed by atoms with Crippen molar-refractivity contribution in [2.75, 3.05) is 13.1 Å². The van der Waals surface area contributed by atoms with Crippen molar-refractivity contribution in [3.63, 3.8) is 0 Å². The lowest BCUT2D eigenvalue weighted by molar-refractivity contribution is 0.281. The second kappa shape index (κ2) is 4.75. The molecular weight excluding hydrogens is 278 g/mol. The van der Waals surface area contributed by atoms with Gasteiger partial charge in [0, 0.05) is 13.1 Å². The number of aromatic amines is 2. The Morgan fingerprint density at radius 2 is 2.00 bits per heavy atom. The number of piperidine rings is 1. The summed E-state index contributed by atoms with van der Waals surface area (Å²) in [5, 5.41) is 0. The van der Waals surface area contributed by atoms with Gasteiger partial charge in [-0.3, -0.25) is 0 Å². The van der Waals surface area contributed by atoms with Crippen LogP contribution in [0.5, 0.6) is 0 Å². The van der Waals surface area contributed by atoms with Crippen molar-refractivity contribution in [1.29, 1.82) is 0 Å². The van der Waals surface area contributed by atoms with E-state index in [9.17, 15) is 13.2 Å². The summed E-state index contributed by atoms with van der Waals surface area (Å²) in [4.78, 5) is 16.6. The Morgan fingerprint density at radius 1 is 1.25 bits per heavy atom. The third-order valence-electron chi connectivity index (χ3n) is 3.74. The van der Waals surface area contributed by atoms with Crippen LogP contribution in [0.25, 0.3) is 11.0 Å². The molecule has 1 atom stereocenters. The number of aromatic nitrogens is 2. The lowest BCUT2D eigenvalue weighted by Crippen LogP contribution is -2.39. The maximum Gasteiger partial charge on any atom is 0.323 e.